The fourth-order valence-corrected chi connectivity index (χ4v) is 3.36. The maximum Gasteiger partial charge on any atom is 0.162 e. The first kappa shape index (κ1) is 18.6. The zero-order valence-corrected chi connectivity index (χ0v) is 16.0. The lowest BCUT2D eigenvalue weighted by Gasteiger charge is -2.18. The van der Waals surface area contributed by atoms with Gasteiger partial charge in [-0.3, -0.25) is 0 Å². The average Bonchev–Trinajstić information content (AvgIpc) is 2.68. The number of rotatable bonds is 4. The molecule has 0 bridgehead atoms. The molecule has 0 spiro atoms. The van der Waals surface area contributed by atoms with Crippen LogP contribution in [0.3, 0.4) is 0 Å². The van der Waals surface area contributed by atoms with Crippen molar-refractivity contribution in [3.63, 3.8) is 0 Å². The minimum atomic E-state index is 0.163. The molecule has 3 rings (SSSR count). The van der Waals surface area contributed by atoms with Crippen LogP contribution in [0.15, 0.2) is 42.5 Å². The van der Waals surface area contributed by atoms with Crippen LogP contribution in [0.5, 0.6) is 11.5 Å². The lowest BCUT2D eigenvalue weighted by Crippen LogP contribution is -2.04. The van der Waals surface area contributed by atoms with E-state index in [1.54, 1.807) is 26.4 Å². The molecule has 2 aromatic carbocycles. The number of aromatic nitrogens is 1. The van der Waals surface area contributed by atoms with Gasteiger partial charge in [-0.05, 0) is 18.6 Å². The van der Waals surface area contributed by atoms with Crippen molar-refractivity contribution < 1.29 is 9.47 Å². The minimum absolute atomic E-state index is 0.163. The number of anilines is 1. The van der Waals surface area contributed by atoms with Crippen molar-refractivity contribution in [1.82, 2.24) is 4.98 Å². The van der Waals surface area contributed by atoms with E-state index in [2.05, 4.69) is 11.1 Å². The smallest absolute Gasteiger partial charge is 0.162 e. The summed E-state index contributed by atoms with van der Waals surface area (Å²) in [7, 11) is 3.09. The summed E-state index contributed by atoms with van der Waals surface area (Å²) >= 11 is 6.56. The molecular formula is C21H18ClN3O2. The highest BCUT2D eigenvalue weighted by Crippen LogP contribution is 2.45. The zero-order valence-electron chi connectivity index (χ0n) is 15.2. The monoisotopic (exact) mass is 379 g/mol. The van der Waals surface area contributed by atoms with E-state index in [-0.39, 0.29) is 11.4 Å². The number of hydrogen-bond acceptors (Lipinski definition) is 5. The summed E-state index contributed by atoms with van der Waals surface area (Å²) in [5.74, 6) is 1.17. The molecule has 0 amide bonds. The second-order valence-electron chi connectivity index (χ2n) is 5.87. The Labute approximate surface area is 162 Å². The van der Waals surface area contributed by atoms with Crippen molar-refractivity contribution in [2.45, 2.75) is 6.92 Å². The van der Waals surface area contributed by atoms with Gasteiger partial charge in [-0.2, -0.15) is 5.26 Å². The zero-order chi connectivity index (χ0) is 19.6. The van der Waals surface area contributed by atoms with Gasteiger partial charge in [0.1, 0.15) is 17.5 Å². The van der Waals surface area contributed by atoms with Crippen LogP contribution in [-0.2, 0) is 0 Å². The van der Waals surface area contributed by atoms with Gasteiger partial charge in [0.25, 0.3) is 0 Å². The highest BCUT2D eigenvalue weighted by atomic mass is 35.5. The van der Waals surface area contributed by atoms with Crippen molar-refractivity contribution in [3.05, 3.63) is 58.7 Å². The molecule has 27 heavy (non-hydrogen) atoms. The van der Waals surface area contributed by atoms with Gasteiger partial charge in [0.05, 0.1) is 19.2 Å². The van der Waals surface area contributed by atoms with E-state index < -0.39 is 0 Å². The number of nitrogens with two attached hydrogens (primary N) is 1. The minimum Gasteiger partial charge on any atom is -0.493 e. The largest absolute Gasteiger partial charge is 0.493 e. The van der Waals surface area contributed by atoms with Gasteiger partial charge in [-0.1, -0.05) is 41.9 Å². The third-order valence-corrected chi connectivity index (χ3v) is 4.64. The highest BCUT2D eigenvalue weighted by Gasteiger charge is 2.23. The molecule has 0 saturated heterocycles. The van der Waals surface area contributed by atoms with Gasteiger partial charge in [0.15, 0.2) is 11.5 Å². The van der Waals surface area contributed by atoms with Crippen LogP contribution in [0.2, 0.25) is 5.02 Å². The van der Waals surface area contributed by atoms with Crippen LogP contribution < -0.4 is 15.2 Å². The molecular weight excluding hydrogens is 362 g/mol. The van der Waals surface area contributed by atoms with Crippen molar-refractivity contribution in [1.29, 1.82) is 5.26 Å². The van der Waals surface area contributed by atoms with E-state index >= 15 is 0 Å². The van der Waals surface area contributed by atoms with Crippen LogP contribution in [-0.4, -0.2) is 19.2 Å². The first-order valence-electron chi connectivity index (χ1n) is 8.19. The van der Waals surface area contributed by atoms with E-state index in [1.807, 2.05) is 37.3 Å². The summed E-state index contributed by atoms with van der Waals surface area (Å²) in [4.78, 5) is 4.37. The summed E-state index contributed by atoms with van der Waals surface area (Å²) in [6.07, 6.45) is 0. The summed E-state index contributed by atoms with van der Waals surface area (Å²) in [5.41, 5.74) is 10.0. The predicted molar refractivity (Wildman–Crippen MR) is 107 cm³/mol. The molecule has 3 aromatic rings. The standard InChI is InChI=1S/C21H18ClN3O2/c1-12-19(13-7-5-4-6-8-13)20(15(11-23)21(24)25-12)14-9-17(26-2)18(27-3)10-16(14)22/h4-10H,1-3H3,(H2,24,25). The molecule has 6 heteroatoms. The average molecular weight is 380 g/mol. The number of hydrogen-bond donors (Lipinski definition) is 1. The van der Waals surface area contributed by atoms with Gasteiger partial charge < -0.3 is 15.2 Å². The first-order valence-corrected chi connectivity index (χ1v) is 8.57. The predicted octanol–water partition coefficient (Wildman–Crippen LogP) is 4.85. The number of nitriles is 1. The molecule has 1 aromatic heterocycles. The molecule has 0 fully saturated rings. The second kappa shape index (κ2) is 7.56. The summed E-state index contributed by atoms with van der Waals surface area (Å²) in [6, 6.07) is 15.3. The molecule has 5 nitrogen and oxygen atoms in total. The van der Waals surface area contributed by atoms with Crippen LogP contribution in [0.4, 0.5) is 5.82 Å². The third-order valence-electron chi connectivity index (χ3n) is 4.32. The van der Waals surface area contributed by atoms with E-state index in [0.717, 1.165) is 11.1 Å². The van der Waals surface area contributed by atoms with Gasteiger partial charge in [-0.25, -0.2) is 4.98 Å². The summed E-state index contributed by atoms with van der Waals surface area (Å²) in [6.45, 7) is 1.86. The van der Waals surface area contributed by atoms with Crippen LogP contribution in [0, 0.1) is 18.3 Å². The van der Waals surface area contributed by atoms with Gasteiger partial charge >= 0.3 is 0 Å². The number of halogens is 1. The van der Waals surface area contributed by atoms with E-state index in [9.17, 15) is 5.26 Å². The molecule has 0 atom stereocenters. The lowest BCUT2D eigenvalue weighted by molar-refractivity contribution is 0.355. The van der Waals surface area contributed by atoms with Crippen LogP contribution >= 0.6 is 11.6 Å². The fourth-order valence-electron chi connectivity index (χ4n) is 3.11. The number of benzene rings is 2. The van der Waals surface area contributed by atoms with Crippen molar-refractivity contribution in [2.24, 2.45) is 0 Å². The molecule has 0 aliphatic rings. The van der Waals surface area contributed by atoms with Crippen LogP contribution in [0.1, 0.15) is 11.3 Å². The quantitative estimate of drug-likeness (QED) is 0.700. The van der Waals surface area contributed by atoms with Crippen molar-refractivity contribution in [3.8, 4) is 39.8 Å². The fraction of sp³-hybridized carbons (Fsp3) is 0.143. The van der Waals surface area contributed by atoms with Crippen LogP contribution in [0.25, 0.3) is 22.3 Å². The molecule has 136 valence electrons. The molecule has 0 radical (unpaired) electrons. The Hall–Kier alpha value is -3.23. The normalized spacial score (nSPS) is 10.3. The SMILES string of the molecule is COc1cc(Cl)c(-c2c(C#N)c(N)nc(C)c2-c2ccccc2)cc1OC. The Morgan fingerprint density at radius 1 is 1.04 bits per heavy atom. The number of nitrogens with zero attached hydrogens (tertiary/aromatic N) is 2. The molecule has 0 unspecified atom stereocenters. The Morgan fingerprint density at radius 3 is 2.26 bits per heavy atom. The van der Waals surface area contributed by atoms with Gasteiger partial charge in [0, 0.05) is 28.5 Å². The summed E-state index contributed by atoms with van der Waals surface area (Å²) in [5, 5.41) is 10.2. The maximum absolute atomic E-state index is 9.77. The van der Waals surface area contributed by atoms with Crippen molar-refractivity contribution >= 4 is 17.4 Å². The van der Waals surface area contributed by atoms with Gasteiger partial charge in [0.2, 0.25) is 0 Å². The number of nitrogen functional groups attached to an aromatic ring is 1. The Morgan fingerprint density at radius 2 is 1.67 bits per heavy atom. The number of pyridine rings is 1. The molecule has 0 aliphatic carbocycles. The summed E-state index contributed by atoms with van der Waals surface area (Å²) < 4.78 is 10.7. The molecule has 1 heterocycles. The molecule has 0 aliphatic heterocycles. The topological polar surface area (TPSA) is 81.2 Å². The number of ether oxygens (including phenoxy) is 2. The Bertz CT molecular complexity index is 1040. The van der Waals surface area contributed by atoms with E-state index in [1.165, 1.54) is 0 Å². The van der Waals surface area contributed by atoms with E-state index in [4.69, 9.17) is 26.8 Å². The third kappa shape index (κ3) is 3.27. The Balaban J connectivity index is 2.44. The first-order chi connectivity index (χ1) is 13.0. The number of aryl methyl sites for hydroxylation is 1. The number of methoxy groups -OCH3 is 2. The van der Waals surface area contributed by atoms with Crippen molar-refractivity contribution in [2.75, 3.05) is 20.0 Å². The highest BCUT2D eigenvalue weighted by molar-refractivity contribution is 6.34. The molecule has 2 N–H and O–H groups in total. The second-order valence-corrected chi connectivity index (χ2v) is 6.28. The Kier molecular flexibility index (Phi) is 5.20. The van der Waals surface area contributed by atoms with Gasteiger partial charge in [-0.15, -0.1) is 0 Å². The van der Waals surface area contributed by atoms with E-state index in [0.29, 0.717) is 33.3 Å². The maximum atomic E-state index is 9.77. The molecule has 0 saturated carbocycles. The lowest BCUT2D eigenvalue weighted by atomic mass is 9.90.